The van der Waals surface area contributed by atoms with E-state index in [2.05, 4.69) is 5.32 Å². The minimum Gasteiger partial charge on any atom is -0.455 e. The molecule has 2 atom stereocenters. The summed E-state index contributed by atoms with van der Waals surface area (Å²) < 4.78 is 41.9. The largest absolute Gasteiger partial charge is 0.455 e. The van der Waals surface area contributed by atoms with Gasteiger partial charge in [0.25, 0.3) is 5.91 Å². The molecule has 0 aromatic heterocycles. The molecule has 4 nitrogen and oxygen atoms in total. The molecule has 1 aliphatic carbocycles. The van der Waals surface area contributed by atoms with Crippen LogP contribution in [0.25, 0.3) is 0 Å². The molecule has 0 bridgehead atoms. The summed E-state index contributed by atoms with van der Waals surface area (Å²) in [5, 5.41) is 2.36. The van der Waals surface area contributed by atoms with Gasteiger partial charge in [0.2, 0.25) is 0 Å². The number of hydrogen-bond donors (Lipinski definition) is 1. The number of alkyl halides is 3. The SMILES string of the molecule is C[C@H]1C[C@@H]1C(=O)OCC(=O)Nc1ccc(C(F)(F)F)cc1. The van der Waals surface area contributed by atoms with Crippen LogP contribution in [0, 0.1) is 11.8 Å². The number of rotatable bonds is 4. The van der Waals surface area contributed by atoms with Crippen molar-refractivity contribution in [2.24, 2.45) is 11.8 Å². The van der Waals surface area contributed by atoms with Crippen molar-refractivity contribution in [1.29, 1.82) is 0 Å². The average molecular weight is 301 g/mol. The van der Waals surface area contributed by atoms with E-state index in [9.17, 15) is 22.8 Å². The molecule has 0 aliphatic heterocycles. The molecule has 114 valence electrons. The highest BCUT2D eigenvalue weighted by atomic mass is 19.4. The number of benzene rings is 1. The second kappa shape index (κ2) is 5.75. The summed E-state index contributed by atoms with van der Waals surface area (Å²) in [7, 11) is 0. The normalized spacial score (nSPS) is 20.8. The summed E-state index contributed by atoms with van der Waals surface area (Å²) in [6, 6.07) is 4.03. The molecule has 0 unspecified atom stereocenters. The first kappa shape index (κ1) is 15.3. The van der Waals surface area contributed by atoms with E-state index in [0.717, 1.165) is 30.7 Å². The van der Waals surface area contributed by atoms with E-state index in [1.165, 1.54) is 0 Å². The van der Waals surface area contributed by atoms with Crippen LogP contribution >= 0.6 is 0 Å². The van der Waals surface area contributed by atoms with Gasteiger partial charge in [-0.3, -0.25) is 9.59 Å². The van der Waals surface area contributed by atoms with Crippen LogP contribution in [0.15, 0.2) is 24.3 Å². The minimum absolute atomic E-state index is 0.135. The van der Waals surface area contributed by atoms with Crippen LogP contribution in [0.2, 0.25) is 0 Å². The molecule has 2 rings (SSSR count). The molecule has 1 aliphatic rings. The Bertz CT molecular complexity index is 539. The number of ether oxygens (including phenoxy) is 1. The highest BCUT2D eigenvalue weighted by Crippen LogP contribution is 2.38. The van der Waals surface area contributed by atoms with Crippen LogP contribution in [0.4, 0.5) is 18.9 Å². The second-order valence-electron chi connectivity index (χ2n) is 5.05. The van der Waals surface area contributed by atoms with E-state index in [4.69, 9.17) is 4.74 Å². The molecular formula is C14H14F3NO3. The van der Waals surface area contributed by atoms with Crippen LogP contribution in [-0.4, -0.2) is 18.5 Å². The Hall–Kier alpha value is -2.05. The van der Waals surface area contributed by atoms with Gasteiger partial charge in [0.05, 0.1) is 11.5 Å². The van der Waals surface area contributed by atoms with Crippen LogP contribution in [-0.2, 0) is 20.5 Å². The van der Waals surface area contributed by atoms with E-state index in [1.54, 1.807) is 0 Å². The van der Waals surface area contributed by atoms with Gasteiger partial charge in [0, 0.05) is 5.69 Å². The molecule has 0 heterocycles. The quantitative estimate of drug-likeness (QED) is 0.870. The molecule has 0 spiro atoms. The van der Waals surface area contributed by atoms with Gasteiger partial charge in [0.15, 0.2) is 6.61 Å². The maximum absolute atomic E-state index is 12.4. The highest BCUT2D eigenvalue weighted by molar-refractivity contribution is 5.93. The summed E-state index contributed by atoms with van der Waals surface area (Å²) in [4.78, 5) is 22.9. The molecule has 1 amide bonds. The molecule has 7 heteroatoms. The number of carbonyl (C=O) groups excluding carboxylic acids is 2. The molecule has 0 radical (unpaired) electrons. The Morgan fingerprint density at radius 1 is 1.29 bits per heavy atom. The topological polar surface area (TPSA) is 55.4 Å². The number of halogens is 3. The number of carbonyl (C=O) groups is 2. The van der Waals surface area contributed by atoms with Crippen molar-refractivity contribution in [3.8, 4) is 0 Å². The van der Waals surface area contributed by atoms with Gasteiger partial charge in [-0.2, -0.15) is 13.2 Å². The second-order valence-corrected chi connectivity index (χ2v) is 5.05. The predicted octanol–water partition coefficient (Wildman–Crippen LogP) is 2.84. The zero-order chi connectivity index (χ0) is 15.6. The third-order valence-electron chi connectivity index (χ3n) is 3.25. The van der Waals surface area contributed by atoms with Crippen molar-refractivity contribution in [3.63, 3.8) is 0 Å². The van der Waals surface area contributed by atoms with E-state index in [-0.39, 0.29) is 17.5 Å². The lowest BCUT2D eigenvalue weighted by Gasteiger charge is -2.09. The first-order chi connectivity index (χ1) is 9.77. The lowest BCUT2D eigenvalue weighted by molar-refractivity contribution is -0.148. The number of amides is 1. The van der Waals surface area contributed by atoms with Crippen molar-refractivity contribution >= 4 is 17.6 Å². The third-order valence-corrected chi connectivity index (χ3v) is 3.25. The van der Waals surface area contributed by atoms with Gasteiger partial charge in [0.1, 0.15) is 0 Å². The van der Waals surface area contributed by atoms with E-state index in [1.807, 2.05) is 6.92 Å². The smallest absolute Gasteiger partial charge is 0.416 e. The highest BCUT2D eigenvalue weighted by Gasteiger charge is 2.40. The Morgan fingerprint density at radius 3 is 2.33 bits per heavy atom. The molecule has 0 saturated heterocycles. The molecule has 21 heavy (non-hydrogen) atoms. The third kappa shape index (κ3) is 4.21. The summed E-state index contributed by atoms with van der Waals surface area (Å²) >= 11 is 0. The summed E-state index contributed by atoms with van der Waals surface area (Å²) in [5.41, 5.74) is -0.585. The summed E-state index contributed by atoms with van der Waals surface area (Å²) in [6.07, 6.45) is -3.65. The zero-order valence-electron chi connectivity index (χ0n) is 11.2. The van der Waals surface area contributed by atoms with Gasteiger partial charge in [-0.15, -0.1) is 0 Å². The van der Waals surface area contributed by atoms with Gasteiger partial charge in [-0.25, -0.2) is 0 Å². The van der Waals surface area contributed by atoms with Crippen molar-refractivity contribution in [2.45, 2.75) is 19.5 Å². The fraction of sp³-hybridized carbons (Fsp3) is 0.429. The number of esters is 1. The molecule has 1 fully saturated rings. The summed E-state index contributed by atoms with van der Waals surface area (Å²) in [5.74, 6) is -0.846. The lowest BCUT2D eigenvalue weighted by Crippen LogP contribution is -2.21. The standard InChI is InChI=1S/C14H14F3NO3/c1-8-6-11(8)13(20)21-7-12(19)18-10-4-2-9(3-5-10)14(15,16)17/h2-5,8,11H,6-7H2,1H3,(H,18,19)/t8-,11-/m0/s1. The Kier molecular flexibility index (Phi) is 4.20. The summed E-state index contributed by atoms with van der Waals surface area (Å²) in [6.45, 7) is 1.47. The van der Waals surface area contributed by atoms with Gasteiger partial charge in [-0.1, -0.05) is 6.92 Å². The van der Waals surface area contributed by atoms with E-state index >= 15 is 0 Å². The van der Waals surface area contributed by atoms with Crippen LogP contribution in [0.3, 0.4) is 0 Å². The van der Waals surface area contributed by atoms with Crippen molar-refractivity contribution in [3.05, 3.63) is 29.8 Å². The molecule has 1 saturated carbocycles. The number of anilines is 1. The Morgan fingerprint density at radius 2 is 1.86 bits per heavy atom. The maximum Gasteiger partial charge on any atom is 0.416 e. The minimum atomic E-state index is -4.42. The predicted molar refractivity (Wildman–Crippen MR) is 68.3 cm³/mol. The average Bonchev–Trinajstić information content (AvgIpc) is 3.13. The Balaban J connectivity index is 1.81. The van der Waals surface area contributed by atoms with Crippen molar-refractivity contribution in [1.82, 2.24) is 0 Å². The zero-order valence-corrected chi connectivity index (χ0v) is 11.2. The van der Waals surface area contributed by atoms with E-state index in [0.29, 0.717) is 0 Å². The van der Waals surface area contributed by atoms with Crippen LogP contribution < -0.4 is 5.32 Å². The van der Waals surface area contributed by atoms with Crippen molar-refractivity contribution < 1.29 is 27.5 Å². The van der Waals surface area contributed by atoms with Gasteiger partial charge < -0.3 is 10.1 Å². The lowest BCUT2D eigenvalue weighted by atomic mass is 10.2. The van der Waals surface area contributed by atoms with Crippen molar-refractivity contribution in [2.75, 3.05) is 11.9 Å². The van der Waals surface area contributed by atoms with E-state index < -0.39 is 30.2 Å². The fourth-order valence-corrected chi connectivity index (χ4v) is 1.83. The molecular weight excluding hydrogens is 287 g/mol. The fourth-order valence-electron chi connectivity index (χ4n) is 1.83. The molecule has 1 aromatic rings. The van der Waals surface area contributed by atoms with Gasteiger partial charge in [-0.05, 0) is 36.6 Å². The van der Waals surface area contributed by atoms with Crippen LogP contribution in [0.5, 0.6) is 0 Å². The van der Waals surface area contributed by atoms with Gasteiger partial charge >= 0.3 is 12.1 Å². The Labute approximate surface area is 119 Å². The van der Waals surface area contributed by atoms with Crippen LogP contribution in [0.1, 0.15) is 18.9 Å². The number of hydrogen-bond acceptors (Lipinski definition) is 3. The first-order valence-electron chi connectivity index (χ1n) is 6.41. The first-order valence-corrected chi connectivity index (χ1v) is 6.41. The monoisotopic (exact) mass is 301 g/mol. The number of nitrogens with one attached hydrogen (secondary N) is 1. The molecule has 1 aromatic carbocycles. The molecule has 1 N–H and O–H groups in total. The maximum atomic E-state index is 12.4.